The first-order valence-electron chi connectivity index (χ1n) is 7.42. The van der Waals surface area contributed by atoms with Gasteiger partial charge in [-0.3, -0.25) is 0 Å². The maximum atomic E-state index is 12.4. The number of rotatable bonds is 4. The van der Waals surface area contributed by atoms with Crippen LogP contribution in [0.3, 0.4) is 0 Å². The first-order chi connectivity index (χ1) is 11.8. The van der Waals surface area contributed by atoms with Crippen LogP contribution in [-0.2, 0) is 10.0 Å². The standard InChI is InChI=1S/C17H16BrN3O3S/c1-11-4-5-13(10-15(11)25(22,23)21(2)3)17-20-19-16(24-17)12-6-8-14(18)9-7-12/h4-10H,1-3H3. The van der Waals surface area contributed by atoms with Crippen LogP contribution in [0.4, 0.5) is 0 Å². The molecule has 0 bridgehead atoms. The molecule has 0 radical (unpaired) electrons. The highest BCUT2D eigenvalue weighted by Gasteiger charge is 2.21. The van der Waals surface area contributed by atoms with Crippen molar-refractivity contribution in [2.45, 2.75) is 11.8 Å². The summed E-state index contributed by atoms with van der Waals surface area (Å²) in [6, 6.07) is 12.5. The Morgan fingerprint density at radius 1 is 0.960 bits per heavy atom. The molecule has 8 heteroatoms. The summed E-state index contributed by atoms with van der Waals surface area (Å²) in [4.78, 5) is 0.221. The van der Waals surface area contributed by atoms with E-state index in [9.17, 15) is 8.42 Å². The van der Waals surface area contributed by atoms with Gasteiger partial charge in [0.2, 0.25) is 21.8 Å². The van der Waals surface area contributed by atoms with Crippen molar-refractivity contribution >= 4 is 26.0 Å². The summed E-state index contributed by atoms with van der Waals surface area (Å²) in [5, 5.41) is 8.10. The van der Waals surface area contributed by atoms with Crippen LogP contribution in [0.15, 0.2) is 56.2 Å². The van der Waals surface area contributed by atoms with Crippen molar-refractivity contribution in [3.8, 4) is 22.9 Å². The molecule has 3 aromatic rings. The Hall–Kier alpha value is -2.03. The van der Waals surface area contributed by atoms with Gasteiger partial charge in [-0.15, -0.1) is 10.2 Å². The van der Waals surface area contributed by atoms with Gasteiger partial charge in [0.1, 0.15) is 0 Å². The summed E-state index contributed by atoms with van der Waals surface area (Å²) >= 11 is 3.38. The van der Waals surface area contributed by atoms with E-state index >= 15 is 0 Å². The van der Waals surface area contributed by atoms with Gasteiger partial charge >= 0.3 is 0 Å². The zero-order valence-corrected chi connectivity index (χ0v) is 16.3. The topological polar surface area (TPSA) is 76.3 Å². The lowest BCUT2D eigenvalue weighted by atomic mass is 10.1. The summed E-state index contributed by atoms with van der Waals surface area (Å²) < 4.78 is 32.7. The predicted octanol–water partition coefficient (Wildman–Crippen LogP) is 3.72. The van der Waals surface area contributed by atoms with Gasteiger partial charge in [-0.2, -0.15) is 0 Å². The van der Waals surface area contributed by atoms with Crippen LogP contribution in [0.25, 0.3) is 22.9 Å². The van der Waals surface area contributed by atoms with Crippen molar-refractivity contribution in [2.24, 2.45) is 0 Å². The molecule has 0 fully saturated rings. The van der Waals surface area contributed by atoms with Gasteiger partial charge in [0, 0.05) is 29.7 Å². The Labute approximate surface area is 154 Å². The Balaban J connectivity index is 2.02. The number of aromatic nitrogens is 2. The molecular formula is C17H16BrN3O3S. The fourth-order valence-corrected chi connectivity index (χ4v) is 3.67. The monoisotopic (exact) mass is 421 g/mol. The molecule has 0 aliphatic heterocycles. The van der Waals surface area contributed by atoms with E-state index in [0.29, 0.717) is 17.0 Å². The van der Waals surface area contributed by atoms with Crippen LogP contribution < -0.4 is 0 Å². The van der Waals surface area contributed by atoms with Crippen molar-refractivity contribution in [3.05, 3.63) is 52.5 Å². The Morgan fingerprint density at radius 2 is 1.52 bits per heavy atom. The number of aryl methyl sites for hydroxylation is 1. The Bertz CT molecular complexity index is 1010. The second-order valence-corrected chi connectivity index (χ2v) is 8.72. The van der Waals surface area contributed by atoms with Gasteiger partial charge in [-0.1, -0.05) is 22.0 Å². The molecule has 0 unspecified atom stereocenters. The first-order valence-corrected chi connectivity index (χ1v) is 9.65. The van der Waals surface area contributed by atoms with E-state index in [4.69, 9.17) is 4.42 Å². The lowest BCUT2D eigenvalue weighted by Crippen LogP contribution is -2.23. The Kier molecular flexibility index (Phi) is 4.77. The highest BCUT2D eigenvalue weighted by atomic mass is 79.9. The van der Waals surface area contributed by atoms with E-state index in [1.807, 2.05) is 24.3 Å². The fraction of sp³-hybridized carbons (Fsp3) is 0.176. The quantitative estimate of drug-likeness (QED) is 0.641. The van der Waals surface area contributed by atoms with Crippen LogP contribution in [0, 0.1) is 6.92 Å². The minimum absolute atomic E-state index is 0.221. The molecule has 0 atom stereocenters. The highest BCUT2D eigenvalue weighted by Crippen LogP contribution is 2.28. The number of hydrogen-bond acceptors (Lipinski definition) is 5. The maximum Gasteiger partial charge on any atom is 0.248 e. The number of hydrogen-bond donors (Lipinski definition) is 0. The summed E-state index contributed by atoms with van der Waals surface area (Å²) in [6.07, 6.45) is 0. The molecule has 0 aliphatic carbocycles. The normalized spacial score (nSPS) is 11.9. The molecule has 0 aliphatic rings. The zero-order chi connectivity index (χ0) is 18.2. The number of sulfonamides is 1. The van der Waals surface area contributed by atoms with Crippen molar-refractivity contribution in [1.82, 2.24) is 14.5 Å². The summed E-state index contributed by atoms with van der Waals surface area (Å²) in [6.45, 7) is 1.75. The smallest absolute Gasteiger partial charge is 0.248 e. The third-order valence-corrected chi connectivity index (χ3v) is 6.20. The molecule has 0 saturated carbocycles. The van der Waals surface area contributed by atoms with Crippen LogP contribution in [0.1, 0.15) is 5.56 Å². The van der Waals surface area contributed by atoms with Gasteiger partial charge in [-0.05, 0) is 48.9 Å². The average molecular weight is 422 g/mol. The second-order valence-electron chi connectivity index (χ2n) is 5.69. The third-order valence-electron chi connectivity index (χ3n) is 3.71. The number of nitrogens with zero attached hydrogens (tertiary/aromatic N) is 3. The van der Waals surface area contributed by atoms with Crippen molar-refractivity contribution in [1.29, 1.82) is 0 Å². The van der Waals surface area contributed by atoms with Gasteiger partial charge in [0.25, 0.3) is 0 Å². The molecule has 1 heterocycles. The van der Waals surface area contributed by atoms with Crippen LogP contribution in [-0.4, -0.2) is 37.0 Å². The molecule has 0 N–H and O–H groups in total. The minimum atomic E-state index is -3.55. The third kappa shape index (κ3) is 3.51. The number of halogens is 1. The summed E-state index contributed by atoms with van der Waals surface area (Å²) in [5.41, 5.74) is 2.00. The zero-order valence-electron chi connectivity index (χ0n) is 13.9. The van der Waals surface area contributed by atoms with Gasteiger partial charge in [0.05, 0.1) is 4.90 Å². The summed E-state index contributed by atoms with van der Waals surface area (Å²) in [7, 11) is -0.550. The van der Waals surface area contributed by atoms with E-state index in [2.05, 4.69) is 26.1 Å². The van der Waals surface area contributed by atoms with E-state index < -0.39 is 10.0 Å². The highest BCUT2D eigenvalue weighted by molar-refractivity contribution is 9.10. The van der Waals surface area contributed by atoms with Crippen molar-refractivity contribution in [2.75, 3.05) is 14.1 Å². The van der Waals surface area contributed by atoms with Crippen LogP contribution in [0.2, 0.25) is 0 Å². The van der Waals surface area contributed by atoms with E-state index in [-0.39, 0.29) is 10.8 Å². The molecule has 25 heavy (non-hydrogen) atoms. The molecule has 0 saturated heterocycles. The molecule has 0 spiro atoms. The molecule has 3 rings (SSSR count). The van der Waals surface area contributed by atoms with E-state index in [1.165, 1.54) is 18.4 Å². The SMILES string of the molecule is Cc1ccc(-c2nnc(-c3ccc(Br)cc3)o2)cc1S(=O)(=O)N(C)C. The molecule has 0 amide bonds. The fourth-order valence-electron chi connectivity index (χ4n) is 2.26. The first kappa shape index (κ1) is 17.8. The molecule has 130 valence electrons. The van der Waals surface area contributed by atoms with E-state index in [1.54, 1.807) is 25.1 Å². The van der Waals surface area contributed by atoms with Crippen LogP contribution >= 0.6 is 15.9 Å². The lowest BCUT2D eigenvalue weighted by Gasteiger charge is -2.14. The number of benzene rings is 2. The van der Waals surface area contributed by atoms with Gasteiger partial charge < -0.3 is 4.42 Å². The van der Waals surface area contributed by atoms with Gasteiger partial charge in [-0.25, -0.2) is 12.7 Å². The van der Waals surface area contributed by atoms with Crippen molar-refractivity contribution < 1.29 is 12.8 Å². The van der Waals surface area contributed by atoms with Crippen LogP contribution in [0.5, 0.6) is 0 Å². The lowest BCUT2D eigenvalue weighted by molar-refractivity contribution is 0.520. The maximum absolute atomic E-state index is 12.4. The van der Waals surface area contributed by atoms with E-state index in [0.717, 1.165) is 10.0 Å². The minimum Gasteiger partial charge on any atom is -0.416 e. The second kappa shape index (κ2) is 6.70. The van der Waals surface area contributed by atoms with Crippen molar-refractivity contribution in [3.63, 3.8) is 0 Å². The predicted molar refractivity (Wildman–Crippen MR) is 98.5 cm³/mol. The largest absolute Gasteiger partial charge is 0.416 e. The Morgan fingerprint density at radius 3 is 2.12 bits per heavy atom. The molecule has 1 aromatic heterocycles. The molecule has 6 nitrogen and oxygen atoms in total. The van der Waals surface area contributed by atoms with Gasteiger partial charge in [0.15, 0.2) is 0 Å². The molecular weight excluding hydrogens is 406 g/mol. The summed E-state index contributed by atoms with van der Waals surface area (Å²) in [5.74, 6) is 0.646. The average Bonchev–Trinajstić information content (AvgIpc) is 3.05. The molecule has 2 aromatic carbocycles.